The molecular formula is C15H8O3S. The predicted octanol–water partition coefficient (Wildman–Crippen LogP) is 2.95. The Balaban J connectivity index is 1.89. The highest BCUT2D eigenvalue weighted by Crippen LogP contribution is 2.52. The van der Waals surface area contributed by atoms with Gasteiger partial charge in [-0.3, -0.25) is 9.59 Å². The fourth-order valence-electron chi connectivity index (χ4n) is 2.47. The lowest BCUT2D eigenvalue weighted by atomic mass is 10.1. The summed E-state index contributed by atoms with van der Waals surface area (Å²) in [6.07, 6.45) is 0. The molecule has 1 aliphatic carbocycles. The number of ketones is 2. The van der Waals surface area contributed by atoms with Crippen LogP contribution < -0.4 is 4.74 Å². The molecule has 0 bridgehead atoms. The van der Waals surface area contributed by atoms with Crippen molar-refractivity contribution in [3.63, 3.8) is 0 Å². The first-order valence-electron chi connectivity index (χ1n) is 5.88. The van der Waals surface area contributed by atoms with Crippen LogP contribution in [0.1, 0.15) is 20.7 Å². The largest absolute Gasteiger partial charge is 0.459 e. The standard InChI is InChI=1S/C15H8O3S/c16-13-9-5-1-2-6-10(9)14(17)15(13)18-11-7-3-4-8-12(11)19-15/h1-8H. The summed E-state index contributed by atoms with van der Waals surface area (Å²) < 4.78 is 5.73. The first-order chi connectivity index (χ1) is 9.22. The van der Waals surface area contributed by atoms with Gasteiger partial charge in [-0.2, -0.15) is 0 Å². The van der Waals surface area contributed by atoms with Crippen LogP contribution in [0.3, 0.4) is 0 Å². The summed E-state index contributed by atoms with van der Waals surface area (Å²) in [6, 6.07) is 14.2. The maximum absolute atomic E-state index is 12.5. The number of benzene rings is 2. The number of carbonyl (C=O) groups excluding carboxylic acids is 2. The number of carbonyl (C=O) groups is 2. The van der Waals surface area contributed by atoms with Crippen molar-refractivity contribution in [3.05, 3.63) is 59.7 Å². The van der Waals surface area contributed by atoms with Crippen LogP contribution >= 0.6 is 11.8 Å². The third-order valence-electron chi connectivity index (χ3n) is 3.37. The summed E-state index contributed by atoms with van der Waals surface area (Å²) in [7, 11) is 0. The van der Waals surface area contributed by atoms with Gasteiger partial charge in [0.25, 0.3) is 4.93 Å². The van der Waals surface area contributed by atoms with Gasteiger partial charge in [-0.25, -0.2) is 0 Å². The number of hydrogen-bond donors (Lipinski definition) is 0. The molecule has 4 rings (SSSR count). The Morgan fingerprint density at radius 3 is 2.05 bits per heavy atom. The van der Waals surface area contributed by atoms with Gasteiger partial charge in [0.2, 0.25) is 11.6 Å². The van der Waals surface area contributed by atoms with Gasteiger partial charge in [-0.15, -0.1) is 0 Å². The Labute approximate surface area is 113 Å². The van der Waals surface area contributed by atoms with E-state index in [0.717, 1.165) is 4.90 Å². The van der Waals surface area contributed by atoms with Crippen LogP contribution in [0, 0.1) is 0 Å². The molecule has 3 nitrogen and oxygen atoms in total. The summed E-state index contributed by atoms with van der Waals surface area (Å²) >= 11 is 1.20. The van der Waals surface area contributed by atoms with Crippen molar-refractivity contribution in [1.29, 1.82) is 0 Å². The van der Waals surface area contributed by atoms with Crippen molar-refractivity contribution in [1.82, 2.24) is 0 Å². The highest BCUT2D eigenvalue weighted by Gasteiger charge is 2.59. The van der Waals surface area contributed by atoms with Gasteiger partial charge in [0.15, 0.2) is 0 Å². The second-order valence-corrected chi connectivity index (χ2v) is 5.69. The van der Waals surface area contributed by atoms with E-state index >= 15 is 0 Å². The highest BCUT2D eigenvalue weighted by molar-refractivity contribution is 8.02. The second-order valence-electron chi connectivity index (χ2n) is 4.47. The Morgan fingerprint density at radius 1 is 0.842 bits per heavy atom. The van der Waals surface area contributed by atoms with Crippen LogP contribution in [0.15, 0.2) is 53.4 Å². The van der Waals surface area contributed by atoms with Crippen LogP contribution in [0.5, 0.6) is 5.75 Å². The molecule has 0 N–H and O–H groups in total. The number of para-hydroxylation sites is 1. The first kappa shape index (κ1) is 10.8. The van der Waals surface area contributed by atoms with Crippen molar-refractivity contribution in [2.75, 3.05) is 0 Å². The molecule has 4 heteroatoms. The van der Waals surface area contributed by atoms with E-state index in [1.165, 1.54) is 11.8 Å². The molecular weight excluding hydrogens is 260 g/mol. The van der Waals surface area contributed by atoms with Gasteiger partial charge in [0, 0.05) is 11.1 Å². The average Bonchev–Trinajstić information content (AvgIpc) is 2.93. The fraction of sp³-hybridized carbons (Fsp3) is 0.0667. The summed E-state index contributed by atoms with van der Waals surface area (Å²) in [6.45, 7) is 0. The minimum Gasteiger partial charge on any atom is -0.459 e. The Hall–Kier alpha value is -2.07. The molecule has 0 saturated heterocycles. The van der Waals surface area contributed by atoms with E-state index in [2.05, 4.69) is 0 Å². The van der Waals surface area contributed by atoms with Crippen molar-refractivity contribution < 1.29 is 14.3 Å². The molecule has 1 spiro atoms. The second kappa shape index (κ2) is 3.48. The van der Waals surface area contributed by atoms with Gasteiger partial charge in [-0.1, -0.05) is 48.2 Å². The molecule has 1 aliphatic heterocycles. The molecule has 0 aromatic heterocycles. The molecule has 2 aromatic carbocycles. The lowest BCUT2D eigenvalue weighted by Crippen LogP contribution is -2.41. The van der Waals surface area contributed by atoms with Gasteiger partial charge >= 0.3 is 0 Å². The minimum absolute atomic E-state index is 0.255. The summed E-state index contributed by atoms with van der Waals surface area (Å²) in [4.78, 5) is 24.5. The minimum atomic E-state index is -1.44. The molecule has 0 amide bonds. The third kappa shape index (κ3) is 1.24. The van der Waals surface area contributed by atoms with Crippen molar-refractivity contribution in [2.24, 2.45) is 0 Å². The van der Waals surface area contributed by atoms with Crippen molar-refractivity contribution in [3.8, 4) is 5.75 Å². The molecule has 0 fully saturated rings. The van der Waals surface area contributed by atoms with E-state index in [9.17, 15) is 9.59 Å². The average molecular weight is 268 g/mol. The number of ether oxygens (including phenoxy) is 1. The van der Waals surface area contributed by atoms with Crippen LogP contribution in [0.2, 0.25) is 0 Å². The zero-order valence-corrected chi connectivity index (χ0v) is 10.6. The first-order valence-corrected chi connectivity index (χ1v) is 6.70. The number of rotatable bonds is 0. The number of thioether (sulfide) groups is 1. The van der Waals surface area contributed by atoms with Gasteiger partial charge in [-0.05, 0) is 12.1 Å². The predicted molar refractivity (Wildman–Crippen MR) is 70.8 cm³/mol. The zero-order valence-electron chi connectivity index (χ0n) is 9.75. The molecule has 19 heavy (non-hydrogen) atoms. The van der Waals surface area contributed by atoms with Crippen LogP contribution in [0.25, 0.3) is 0 Å². The molecule has 2 aromatic rings. The molecule has 0 unspecified atom stereocenters. The van der Waals surface area contributed by atoms with E-state index in [-0.39, 0.29) is 11.6 Å². The smallest absolute Gasteiger partial charge is 0.284 e. The van der Waals surface area contributed by atoms with Crippen LogP contribution in [-0.4, -0.2) is 16.5 Å². The van der Waals surface area contributed by atoms with Gasteiger partial charge < -0.3 is 4.74 Å². The maximum Gasteiger partial charge on any atom is 0.284 e. The Morgan fingerprint density at radius 2 is 1.42 bits per heavy atom. The normalized spacial score (nSPS) is 18.3. The summed E-state index contributed by atoms with van der Waals surface area (Å²) in [5, 5.41) is 0. The highest BCUT2D eigenvalue weighted by atomic mass is 32.2. The molecule has 0 saturated carbocycles. The molecule has 92 valence electrons. The maximum atomic E-state index is 12.5. The topological polar surface area (TPSA) is 43.4 Å². The fourth-order valence-corrected chi connectivity index (χ4v) is 3.67. The van der Waals surface area contributed by atoms with E-state index < -0.39 is 4.93 Å². The zero-order chi connectivity index (χ0) is 13.0. The Kier molecular flexibility index (Phi) is 1.98. The van der Waals surface area contributed by atoms with E-state index in [1.807, 2.05) is 18.2 Å². The number of hydrogen-bond acceptors (Lipinski definition) is 4. The summed E-state index contributed by atoms with van der Waals surface area (Å²) in [5.74, 6) is 0.0885. The van der Waals surface area contributed by atoms with E-state index in [1.54, 1.807) is 30.3 Å². The van der Waals surface area contributed by atoms with Crippen LogP contribution in [0.4, 0.5) is 0 Å². The lowest BCUT2D eigenvalue weighted by molar-refractivity contribution is 0.0655. The van der Waals surface area contributed by atoms with Crippen molar-refractivity contribution >= 4 is 23.3 Å². The quantitative estimate of drug-likeness (QED) is 0.689. The number of fused-ring (bicyclic) bond motifs is 2. The molecule has 2 aliphatic rings. The number of Topliss-reactive ketones (excluding diaryl/α,β-unsaturated/α-hetero) is 2. The molecule has 0 radical (unpaired) electrons. The SMILES string of the molecule is O=C1c2ccccc2C(=O)C12Oc1ccccc1S2. The van der Waals surface area contributed by atoms with Crippen molar-refractivity contribution in [2.45, 2.75) is 9.83 Å². The van der Waals surface area contributed by atoms with E-state index in [4.69, 9.17) is 4.74 Å². The summed E-state index contributed by atoms with van der Waals surface area (Å²) in [5.41, 5.74) is 0.903. The lowest BCUT2D eigenvalue weighted by Gasteiger charge is -2.17. The van der Waals surface area contributed by atoms with E-state index in [0.29, 0.717) is 16.9 Å². The molecule has 1 heterocycles. The monoisotopic (exact) mass is 268 g/mol. The molecule has 0 atom stereocenters. The third-order valence-corrected chi connectivity index (χ3v) is 4.67. The van der Waals surface area contributed by atoms with Gasteiger partial charge in [0.05, 0.1) is 4.90 Å². The Bertz CT molecular complexity index is 674. The van der Waals surface area contributed by atoms with Crippen LogP contribution in [-0.2, 0) is 0 Å². The van der Waals surface area contributed by atoms with Gasteiger partial charge in [0.1, 0.15) is 5.75 Å².